The molecule has 0 radical (unpaired) electrons. The number of aryl methyl sites for hydroxylation is 1. The van der Waals surface area contributed by atoms with Gasteiger partial charge in [-0.05, 0) is 38.6 Å². The van der Waals surface area contributed by atoms with E-state index in [0.717, 1.165) is 11.3 Å². The molecule has 1 aromatic heterocycles. The third-order valence-corrected chi connectivity index (χ3v) is 2.92. The second kappa shape index (κ2) is 5.37. The van der Waals surface area contributed by atoms with Crippen molar-refractivity contribution in [1.82, 2.24) is 15.5 Å². The molecule has 5 nitrogen and oxygen atoms in total. The number of nitrogens with zero attached hydrogens (tertiary/aromatic N) is 2. The Morgan fingerprint density at radius 1 is 1.33 bits per heavy atom. The molecule has 0 spiro atoms. The van der Waals surface area contributed by atoms with Gasteiger partial charge in [0.1, 0.15) is 0 Å². The molecule has 1 unspecified atom stereocenters. The molecule has 0 bridgehead atoms. The van der Waals surface area contributed by atoms with Crippen LogP contribution in [-0.2, 0) is 0 Å². The second-order valence-electron chi connectivity index (χ2n) is 4.06. The molecule has 2 rings (SSSR count). The minimum absolute atomic E-state index is 0.0153. The predicted molar refractivity (Wildman–Crippen MR) is 71.2 cm³/mol. The lowest BCUT2D eigenvalue weighted by Crippen LogP contribution is -2.12. The summed E-state index contributed by atoms with van der Waals surface area (Å²) in [5, 5.41) is 14.5. The van der Waals surface area contributed by atoms with Gasteiger partial charge in [0.05, 0.1) is 16.8 Å². The van der Waals surface area contributed by atoms with Crippen LogP contribution >= 0.6 is 11.6 Å². The number of hydrogen-bond acceptors (Lipinski definition) is 5. The lowest BCUT2D eigenvalue weighted by molar-refractivity contribution is 0.443. The Morgan fingerprint density at radius 2 is 2.11 bits per heavy atom. The molecule has 1 atom stereocenters. The van der Waals surface area contributed by atoms with Gasteiger partial charge in [0.15, 0.2) is 0 Å². The maximum absolute atomic E-state index is 6.11. The van der Waals surface area contributed by atoms with Crippen LogP contribution in [-0.4, -0.2) is 17.2 Å². The van der Waals surface area contributed by atoms with Gasteiger partial charge in [-0.1, -0.05) is 22.8 Å². The second-order valence-corrected chi connectivity index (χ2v) is 4.47. The summed E-state index contributed by atoms with van der Waals surface area (Å²) in [6.45, 7) is 3.92. The number of anilines is 2. The Labute approximate surface area is 111 Å². The van der Waals surface area contributed by atoms with Crippen molar-refractivity contribution in [2.45, 2.75) is 19.9 Å². The summed E-state index contributed by atoms with van der Waals surface area (Å²) in [5.41, 5.74) is 1.84. The third kappa shape index (κ3) is 2.80. The molecular formula is C12H15ClN4O. The van der Waals surface area contributed by atoms with Crippen LogP contribution in [0.4, 0.5) is 11.7 Å². The lowest BCUT2D eigenvalue weighted by atomic mass is 10.2. The van der Waals surface area contributed by atoms with E-state index in [1.54, 1.807) is 0 Å². The lowest BCUT2D eigenvalue weighted by Gasteiger charge is -2.05. The third-order valence-electron chi connectivity index (χ3n) is 2.61. The molecular weight excluding hydrogens is 252 g/mol. The maximum Gasteiger partial charge on any atom is 0.320 e. The van der Waals surface area contributed by atoms with Crippen molar-refractivity contribution in [2.75, 3.05) is 12.4 Å². The van der Waals surface area contributed by atoms with Crippen molar-refractivity contribution >= 4 is 23.3 Å². The zero-order chi connectivity index (χ0) is 13.1. The molecule has 0 saturated heterocycles. The molecule has 6 heteroatoms. The van der Waals surface area contributed by atoms with E-state index in [1.807, 2.05) is 39.1 Å². The topological polar surface area (TPSA) is 63.0 Å². The zero-order valence-corrected chi connectivity index (χ0v) is 11.2. The first kappa shape index (κ1) is 12.9. The molecule has 96 valence electrons. The Morgan fingerprint density at radius 3 is 2.78 bits per heavy atom. The van der Waals surface area contributed by atoms with Gasteiger partial charge in [0.2, 0.25) is 5.89 Å². The minimum atomic E-state index is 0.0153. The highest BCUT2D eigenvalue weighted by Gasteiger charge is 2.12. The number of aromatic nitrogens is 2. The fourth-order valence-electron chi connectivity index (χ4n) is 1.42. The molecule has 0 amide bonds. The Balaban J connectivity index is 2.16. The number of hydrogen-bond donors (Lipinski definition) is 2. The van der Waals surface area contributed by atoms with Gasteiger partial charge in [-0.15, -0.1) is 5.10 Å². The number of nitrogens with one attached hydrogen (secondary N) is 2. The van der Waals surface area contributed by atoms with E-state index in [9.17, 15) is 0 Å². The van der Waals surface area contributed by atoms with Gasteiger partial charge < -0.3 is 15.1 Å². The fraction of sp³-hybridized carbons (Fsp3) is 0.333. The van der Waals surface area contributed by atoms with Crippen LogP contribution in [0.5, 0.6) is 0 Å². The molecule has 0 fully saturated rings. The van der Waals surface area contributed by atoms with E-state index in [2.05, 4.69) is 20.8 Å². The zero-order valence-electron chi connectivity index (χ0n) is 10.5. The first-order valence-electron chi connectivity index (χ1n) is 5.64. The van der Waals surface area contributed by atoms with Crippen molar-refractivity contribution in [2.24, 2.45) is 0 Å². The van der Waals surface area contributed by atoms with E-state index < -0.39 is 0 Å². The monoisotopic (exact) mass is 266 g/mol. The number of benzene rings is 1. The van der Waals surface area contributed by atoms with Crippen LogP contribution in [0.15, 0.2) is 22.6 Å². The van der Waals surface area contributed by atoms with Gasteiger partial charge in [0, 0.05) is 0 Å². The first-order valence-corrected chi connectivity index (χ1v) is 6.02. The molecule has 2 aromatic rings. The summed E-state index contributed by atoms with van der Waals surface area (Å²) in [6, 6.07) is 6.06. The van der Waals surface area contributed by atoms with Gasteiger partial charge in [-0.3, -0.25) is 0 Å². The van der Waals surface area contributed by atoms with Crippen LogP contribution in [0.2, 0.25) is 5.02 Å². The highest BCUT2D eigenvalue weighted by Crippen LogP contribution is 2.26. The Kier molecular flexibility index (Phi) is 3.84. The van der Waals surface area contributed by atoms with E-state index in [1.165, 1.54) is 0 Å². The Hall–Kier alpha value is -1.59. The highest BCUT2D eigenvalue weighted by molar-refractivity contribution is 6.33. The molecule has 1 heterocycles. The normalized spacial score (nSPS) is 12.4. The molecule has 18 heavy (non-hydrogen) atoms. The minimum Gasteiger partial charge on any atom is -0.406 e. The molecule has 2 N–H and O–H groups in total. The quantitative estimate of drug-likeness (QED) is 0.891. The van der Waals surface area contributed by atoms with Crippen LogP contribution in [0.25, 0.3) is 0 Å². The average molecular weight is 267 g/mol. The summed E-state index contributed by atoms with van der Waals surface area (Å²) in [7, 11) is 1.83. The van der Waals surface area contributed by atoms with Gasteiger partial charge in [-0.2, -0.15) is 0 Å². The maximum atomic E-state index is 6.11. The molecule has 0 aliphatic rings. The van der Waals surface area contributed by atoms with Gasteiger partial charge in [0.25, 0.3) is 0 Å². The molecule has 0 aliphatic heterocycles. The standard InChI is InChI=1S/C12H15ClN4O/c1-7-4-5-10(9(13)6-7)15-12-17-16-11(18-12)8(2)14-3/h4-6,8,14H,1-3H3,(H,15,17). The fourth-order valence-corrected chi connectivity index (χ4v) is 1.70. The van der Waals surface area contributed by atoms with Crippen LogP contribution in [0.3, 0.4) is 0 Å². The van der Waals surface area contributed by atoms with E-state index >= 15 is 0 Å². The summed E-state index contributed by atoms with van der Waals surface area (Å²) >= 11 is 6.11. The summed E-state index contributed by atoms with van der Waals surface area (Å²) in [6.07, 6.45) is 0. The van der Waals surface area contributed by atoms with E-state index in [0.29, 0.717) is 16.9 Å². The molecule has 0 saturated carbocycles. The SMILES string of the molecule is CNC(C)c1nnc(Nc2ccc(C)cc2Cl)o1. The van der Waals surface area contributed by atoms with Crippen LogP contribution in [0, 0.1) is 6.92 Å². The van der Waals surface area contributed by atoms with Crippen LogP contribution in [0.1, 0.15) is 24.4 Å². The van der Waals surface area contributed by atoms with E-state index in [-0.39, 0.29) is 6.04 Å². The van der Waals surface area contributed by atoms with Crippen molar-refractivity contribution < 1.29 is 4.42 Å². The van der Waals surface area contributed by atoms with Crippen molar-refractivity contribution in [1.29, 1.82) is 0 Å². The molecule has 1 aromatic carbocycles. The largest absolute Gasteiger partial charge is 0.406 e. The highest BCUT2D eigenvalue weighted by atomic mass is 35.5. The van der Waals surface area contributed by atoms with Crippen LogP contribution < -0.4 is 10.6 Å². The summed E-state index contributed by atoms with van der Waals surface area (Å²) < 4.78 is 5.47. The first-order chi connectivity index (χ1) is 8.60. The average Bonchev–Trinajstić information content (AvgIpc) is 2.80. The van der Waals surface area contributed by atoms with Crippen molar-refractivity contribution in [3.05, 3.63) is 34.7 Å². The van der Waals surface area contributed by atoms with Gasteiger partial charge in [-0.25, -0.2) is 0 Å². The van der Waals surface area contributed by atoms with Crippen molar-refractivity contribution in [3.8, 4) is 0 Å². The van der Waals surface area contributed by atoms with Gasteiger partial charge >= 0.3 is 6.01 Å². The summed E-state index contributed by atoms with van der Waals surface area (Å²) in [4.78, 5) is 0. The number of rotatable bonds is 4. The van der Waals surface area contributed by atoms with E-state index in [4.69, 9.17) is 16.0 Å². The Bertz CT molecular complexity index is 541. The summed E-state index contributed by atoms with van der Waals surface area (Å²) in [5.74, 6) is 0.531. The molecule has 0 aliphatic carbocycles. The predicted octanol–water partition coefficient (Wildman–Crippen LogP) is 3.06. The smallest absolute Gasteiger partial charge is 0.320 e. The number of halogens is 1. The van der Waals surface area contributed by atoms with Crippen molar-refractivity contribution in [3.63, 3.8) is 0 Å².